The predicted molar refractivity (Wildman–Crippen MR) is 118 cm³/mol. The molecule has 0 bridgehead atoms. The van der Waals surface area contributed by atoms with E-state index in [-0.39, 0.29) is 12.5 Å². The molecule has 3 heterocycles. The third kappa shape index (κ3) is 6.47. The number of primary sulfonamides is 1. The lowest BCUT2D eigenvalue weighted by Crippen LogP contribution is -2.22. The highest BCUT2D eigenvalue weighted by molar-refractivity contribution is 7.88. The van der Waals surface area contributed by atoms with E-state index >= 15 is 0 Å². The van der Waals surface area contributed by atoms with Crippen LogP contribution in [-0.2, 0) is 33.8 Å². The fourth-order valence-electron chi connectivity index (χ4n) is 3.50. The molecule has 162 valence electrons. The van der Waals surface area contributed by atoms with Gasteiger partial charge in [0.2, 0.25) is 10.0 Å². The van der Waals surface area contributed by atoms with E-state index in [1.54, 1.807) is 4.68 Å². The fraction of sp³-hybridized carbons (Fsp3) is 0.667. The third-order valence-electron chi connectivity index (χ3n) is 4.95. The van der Waals surface area contributed by atoms with Crippen LogP contribution >= 0.6 is 11.6 Å². The molecule has 1 fully saturated rings. The smallest absolute Gasteiger partial charge is 0.214 e. The summed E-state index contributed by atoms with van der Waals surface area (Å²) >= 11 is 6.26. The number of pyridine rings is 1. The first-order chi connectivity index (χ1) is 13.5. The molecule has 0 radical (unpaired) electrons. The van der Waals surface area contributed by atoms with Gasteiger partial charge in [-0.25, -0.2) is 23.2 Å². The van der Waals surface area contributed by atoms with Crippen molar-refractivity contribution in [1.82, 2.24) is 19.7 Å². The summed E-state index contributed by atoms with van der Waals surface area (Å²) in [4.78, 5) is 6.73. The number of aromatic nitrogens is 3. The molecule has 0 aliphatic carbocycles. The molecule has 8 nitrogen and oxygen atoms in total. The molecule has 1 aliphatic heterocycles. The minimum absolute atomic E-state index is 0.238. The predicted octanol–water partition coefficient (Wildman–Crippen LogP) is 2.78. The van der Waals surface area contributed by atoms with Crippen molar-refractivity contribution >= 4 is 40.7 Å². The van der Waals surface area contributed by atoms with Gasteiger partial charge < -0.3 is 4.74 Å². The van der Waals surface area contributed by atoms with Crippen molar-refractivity contribution in [3.8, 4) is 0 Å². The van der Waals surface area contributed by atoms with Crippen molar-refractivity contribution in [1.29, 1.82) is 0 Å². The molecule has 3 rings (SSSR count). The second-order valence-electron chi connectivity index (χ2n) is 8.89. The maximum Gasteiger partial charge on any atom is 0.214 e. The number of ether oxygens (including phenoxy) is 1. The molecule has 0 aromatic carbocycles. The topological polar surface area (TPSA) is 103 Å². The van der Waals surface area contributed by atoms with E-state index in [1.165, 1.54) is 12.8 Å². The van der Waals surface area contributed by atoms with Crippen LogP contribution in [0, 0.1) is 0 Å². The second kappa shape index (κ2) is 8.99. The molecular formula is C18H30ClN5O3SSi. The van der Waals surface area contributed by atoms with Gasteiger partial charge in [0.25, 0.3) is 0 Å². The molecule has 0 spiro atoms. The van der Waals surface area contributed by atoms with Crippen LogP contribution < -0.4 is 5.14 Å². The second-order valence-corrected chi connectivity index (χ2v) is 16.5. The Morgan fingerprint density at radius 1 is 1.28 bits per heavy atom. The minimum atomic E-state index is -3.75. The normalized spacial score (nSPS) is 16.2. The molecule has 2 aromatic rings. The molecular weight excluding hydrogens is 430 g/mol. The highest BCUT2D eigenvalue weighted by atomic mass is 35.5. The van der Waals surface area contributed by atoms with E-state index in [0.717, 1.165) is 30.2 Å². The number of likely N-dealkylation sites (tertiary alicyclic amines) is 1. The zero-order valence-corrected chi connectivity index (χ0v) is 19.9. The Balaban J connectivity index is 1.95. The summed E-state index contributed by atoms with van der Waals surface area (Å²) < 4.78 is 31.0. The largest absolute Gasteiger partial charge is 0.360 e. The average molecular weight is 460 g/mol. The first-order valence-corrected chi connectivity index (χ1v) is 15.7. The lowest BCUT2D eigenvalue weighted by atomic mass is 10.2. The van der Waals surface area contributed by atoms with Crippen LogP contribution in [0.25, 0.3) is 11.0 Å². The first-order valence-electron chi connectivity index (χ1n) is 9.87. The molecule has 2 N–H and O–H groups in total. The molecule has 0 amide bonds. The number of hydrogen-bond acceptors (Lipinski definition) is 6. The van der Waals surface area contributed by atoms with Gasteiger partial charge in [-0.05, 0) is 43.6 Å². The molecule has 1 saturated heterocycles. The van der Waals surface area contributed by atoms with Gasteiger partial charge in [-0.3, -0.25) is 4.90 Å². The van der Waals surface area contributed by atoms with Crippen LogP contribution in [0.5, 0.6) is 0 Å². The van der Waals surface area contributed by atoms with E-state index in [1.807, 2.05) is 6.07 Å². The van der Waals surface area contributed by atoms with Crippen LogP contribution in [0.3, 0.4) is 0 Å². The van der Waals surface area contributed by atoms with Crippen molar-refractivity contribution in [3.63, 3.8) is 0 Å². The number of halogens is 1. The van der Waals surface area contributed by atoms with Gasteiger partial charge in [0.15, 0.2) is 0 Å². The van der Waals surface area contributed by atoms with Gasteiger partial charge in [0.05, 0.1) is 5.52 Å². The Bertz CT molecular complexity index is 968. The zero-order chi connectivity index (χ0) is 21.2. The minimum Gasteiger partial charge on any atom is -0.360 e. The third-order valence-corrected chi connectivity index (χ3v) is 7.53. The van der Waals surface area contributed by atoms with Gasteiger partial charge in [0.1, 0.15) is 28.8 Å². The Hall–Kier alpha value is -1.04. The first kappa shape index (κ1) is 22.6. The number of fused-ring (bicyclic) bond motifs is 1. The number of rotatable bonds is 9. The Kier molecular flexibility index (Phi) is 7.01. The molecule has 2 aromatic heterocycles. The van der Waals surface area contributed by atoms with Gasteiger partial charge in [-0.2, -0.15) is 5.10 Å². The summed E-state index contributed by atoms with van der Waals surface area (Å²) in [7, 11) is -4.96. The quantitative estimate of drug-likeness (QED) is 0.351. The van der Waals surface area contributed by atoms with Crippen molar-refractivity contribution < 1.29 is 13.2 Å². The van der Waals surface area contributed by atoms with E-state index in [2.05, 4.69) is 34.6 Å². The number of nitrogens with two attached hydrogens (primary N) is 1. The lowest BCUT2D eigenvalue weighted by molar-refractivity contribution is 0.0813. The van der Waals surface area contributed by atoms with E-state index < -0.39 is 18.1 Å². The van der Waals surface area contributed by atoms with Crippen LogP contribution in [0.4, 0.5) is 0 Å². The maximum absolute atomic E-state index is 11.7. The highest BCUT2D eigenvalue weighted by Crippen LogP contribution is 2.27. The molecule has 1 aliphatic rings. The zero-order valence-electron chi connectivity index (χ0n) is 17.3. The maximum atomic E-state index is 11.7. The Morgan fingerprint density at radius 3 is 2.59 bits per heavy atom. The van der Waals surface area contributed by atoms with E-state index in [4.69, 9.17) is 21.5 Å². The highest BCUT2D eigenvalue weighted by Gasteiger charge is 2.22. The summed E-state index contributed by atoms with van der Waals surface area (Å²) in [6, 6.07) is 2.88. The van der Waals surface area contributed by atoms with Gasteiger partial charge in [-0.1, -0.05) is 31.2 Å². The molecule has 29 heavy (non-hydrogen) atoms. The summed E-state index contributed by atoms with van der Waals surface area (Å²) in [5.74, 6) is -0.387. The molecule has 0 saturated carbocycles. The number of nitrogens with zero attached hydrogens (tertiary/aromatic N) is 4. The van der Waals surface area contributed by atoms with Crippen LogP contribution in [0.15, 0.2) is 6.07 Å². The Labute approximate surface area is 178 Å². The summed E-state index contributed by atoms with van der Waals surface area (Å²) in [5.41, 5.74) is 2.54. The van der Waals surface area contributed by atoms with Crippen molar-refractivity contribution in [2.75, 3.05) is 19.7 Å². The van der Waals surface area contributed by atoms with Gasteiger partial charge >= 0.3 is 0 Å². The van der Waals surface area contributed by atoms with Crippen molar-refractivity contribution in [2.45, 2.75) is 57.6 Å². The summed E-state index contributed by atoms with van der Waals surface area (Å²) in [6.07, 6.45) is 2.36. The number of sulfonamides is 1. The summed E-state index contributed by atoms with van der Waals surface area (Å²) in [6.45, 7) is 10.6. The van der Waals surface area contributed by atoms with Gasteiger partial charge in [0, 0.05) is 21.2 Å². The van der Waals surface area contributed by atoms with E-state index in [9.17, 15) is 8.42 Å². The standard InChI is InChI=1S/C18H30ClN5O3SSi/c1-29(2,3)9-8-27-13-24-18-14(11-23-6-4-5-7-23)10-16(19)21-17(18)15(22-24)12-28(20,25)26/h10H,4-9,11-13H2,1-3H3,(H2,20,25,26). The van der Waals surface area contributed by atoms with Crippen molar-refractivity contribution in [3.05, 3.63) is 22.5 Å². The lowest BCUT2D eigenvalue weighted by Gasteiger charge is -2.17. The SMILES string of the molecule is C[Si](C)(C)CCOCn1nc(CS(N)(=O)=O)c2nc(Cl)cc(CN3CCCC3)c21. The average Bonchev–Trinajstić information content (AvgIpc) is 3.18. The molecule has 11 heteroatoms. The Morgan fingerprint density at radius 2 is 1.97 bits per heavy atom. The molecule has 0 unspecified atom stereocenters. The number of hydrogen-bond donors (Lipinski definition) is 1. The van der Waals surface area contributed by atoms with Crippen LogP contribution in [-0.4, -0.2) is 55.9 Å². The van der Waals surface area contributed by atoms with Gasteiger partial charge in [-0.15, -0.1) is 0 Å². The van der Waals surface area contributed by atoms with Crippen LogP contribution in [0.1, 0.15) is 24.1 Å². The monoisotopic (exact) mass is 459 g/mol. The van der Waals surface area contributed by atoms with Crippen LogP contribution in [0.2, 0.25) is 30.8 Å². The molecule has 0 atom stereocenters. The van der Waals surface area contributed by atoms with E-state index in [0.29, 0.717) is 29.5 Å². The summed E-state index contributed by atoms with van der Waals surface area (Å²) in [5, 5.41) is 10.1. The van der Waals surface area contributed by atoms with Crippen molar-refractivity contribution in [2.24, 2.45) is 5.14 Å². The fourth-order valence-corrected chi connectivity index (χ4v) is 5.05.